The molecule has 5 unspecified atom stereocenters. The van der Waals surface area contributed by atoms with Gasteiger partial charge >= 0.3 is 39.5 Å². The summed E-state index contributed by atoms with van der Waals surface area (Å²) >= 11 is 0. The molecule has 0 aliphatic rings. The molecule has 104 heavy (non-hydrogen) atoms. The van der Waals surface area contributed by atoms with Crippen LogP contribution in [-0.4, -0.2) is 96.7 Å². The van der Waals surface area contributed by atoms with Crippen molar-refractivity contribution < 1.29 is 80.2 Å². The zero-order valence-electron chi connectivity index (χ0n) is 65.9. The van der Waals surface area contributed by atoms with Crippen LogP contribution >= 0.6 is 15.6 Å². The van der Waals surface area contributed by atoms with Crippen LogP contribution in [-0.2, 0) is 65.4 Å². The molecule has 0 saturated heterocycles. The van der Waals surface area contributed by atoms with Crippen molar-refractivity contribution in [3.8, 4) is 0 Å². The van der Waals surface area contributed by atoms with Crippen molar-refractivity contribution in [2.75, 3.05) is 39.6 Å². The molecule has 0 aromatic carbocycles. The number of phosphoric acid groups is 2. The number of unbranched alkanes of at least 4 members (excludes halogenated alkanes) is 36. The Morgan fingerprint density at radius 3 is 0.798 bits per heavy atom. The van der Waals surface area contributed by atoms with Crippen LogP contribution in [0, 0.1) is 0 Å². The van der Waals surface area contributed by atoms with Gasteiger partial charge in [-0.2, -0.15) is 0 Å². The maximum Gasteiger partial charge on any atom is 0.472 e. The van der Waals surface area contributed by atoms with E-state index in [9.17, 15) is 43.2 Å². The van der Waals surface area contributed by atoms with E-state index >= 15 is 0 Å². The third kappa shape index (κ3) is 76.2. The van der Waals surface area contributed by atoms with Gasteiger partial charge in [-0.25, -0.2) is 9.13 Å². The van der Waals surface area contributed by atoms with Gasteiger partial charge in [-0.05, 0) is 148 Å². The highest BCUT2D eigenvalue weighted by Gasteiger charge is 2.30. The Hall–Kier alpha value is -4.02. The first-order valence-electron chi connectivity index (χ1n) is 41.5. The lowest BCUT2D eigenvalue weighted by Gasteiger charge is -2.21. The Labute approximate surface area is 633 Å². The van der Waals surface area contributed by atoms with Gasteiger partial charge in [0.1, 0.15) is 19.3 Å². The highest BCUT2D eigenvalue weighted by Crippen LogP contribution is 2.45. The standard InChI is InChI=1S/C85H150O17P2/c1-5-9-13-17-21-25-29-33-37-38-39-40-44-46-50-54-58-62-66-70-83(88)96-76-81(102-85(90)72-68-64-60-56-52-48-43-36-32-28-24-20-16-12-8-4)78-100-104(93,94)98-74-79(86)73-97-103(91,92)99-77-80(101-84(89)71-67-63-59-55-51-47-42-35-31-27-23-19-15-11-7-3)75-95-82(87)69-65-61-57-53-49-45-41-34-30-26-22-18-14-10-6-2/h9,13,21-22,25-26,33-37,39-43,79-81,86H,5-8,10-12,14-20,23-24,27-32,38,44-78H2,1-4H3,(H,91,92)(H,93,94)/b13-9-,25-21-,26-22-,37-33-,40-39-,41-34-,42-35-,43-36-. The molecular weight excluding hydrogens is 1350 g/mol. The van der Waals surface area contributed by atoms with Gasteiger partial charge in [0.05, 0.1) is 26.4 Å². The number of carbonyl (C=O) groups is 4. The van der Waals surface area contributed by atoms with E-state index < -0.39 is 97.5 Å². The third-order valence-electron chi connectivity index (χ3n) is 17.5. The van der Waals surface area contributed by atoms with E-state index in [1.807, 2.05) is 0 Å². The normalized spacial score (nSPS) is 14.3. The Bertz CT molecular complexity index is 2350. The van der Waals surface area contributed by atoms with Gasteiger partial charge in [0.2, 0.25) is 0 Å². The minimum atomic E-state index is -4.98. The number of aliphatic hydroxyl groups excluding tert-OH is 1. The van der Waals surface area contributed by atoms with E-state index in [2.05, 4.69) is 125 Å². The molecule has 0 aromatic rings. The van der Waals surface area contributed by atoms with E-state index in [-0.39, 0.29) is 25.7 Å². The number of hydrogen-bond donors (Lipinski definition) is 3. The van der Waals surface area contributed by atoms with Crippen LogP contribution in [0.1, 0.15) is 362 Å². The molecule has 0 saturated carbocycles. The highest BCUT2D eigenvalue weighted by atomic mass is 31.2. The molecule has 0 bridgehead atoms. The number of phosphoric ester groups is 2. The predicted octanol–water partition coefficient (Wildman–Crippen LogP) is 24.3. The second kappa shape index (κ2) is 77.1. The lowest BCUT2D eigenvalue weighted by molar-refractivity contribution is -0.161. The van der Waals surface area contributed by atoms with Crippen LogP contribution < -0.4 is 0 Å². The van der Waals surface area contributed by atoms with Crippen LogP contribution in [0.2, 0.25) is 0 Å². The minimum Gasteiger partial charge on any atom is -0.462 e. The fourth-order valence-corrected chi connectivity index (χ4v) is 12.8. The molecule has 3 N–H and O–H groups in total. The van der Waals surface area contributed by atoms with Gasteiger partial charge in [-0.3, -0.25) is 37.3 Å². The van der Waals surface area contributed by atoms with Crippen molar-refractivity contribution in [2.45, 2.75) is 380 Å². The van der Waals surface area contributed by atoms with E-state index in [0.29, 0.717) is 25.7 Å². The molecule has 0 radical (unpaired) electrons. The monoisotopic (exact) mass is 1510 g/mol. The number of ether oxygens (including phenoxy) is 4. The summed E-state index contributed by atoms with van der Waals surface area (Å²) in [6, 6.07) is 0. The molecule has 0 spiro atoms. The topological polar surface area (TPSA) is 237 Å². The average Bonchev–Trinajstić information content (AvgIpc) is 0.918. The van der Waals surface area contributed by atoms with E-state index in [0.717, 1.165) is 186 Å². The fourth-order valence-electron chi connectivity index (χ4n) is 11.2. The molecule has 17 nitrogen and oxygen atoms in total. The first-order valence-corrected chi connectivity index (χ1v) is 44.5. The molecule has 602 valence electrons. The van der Waals surface area contributed by atoms with Crippen LogP contribution in [0.5, 0.6) is 0 Å². The second-order valence-electron chi connectivity index (χ2n) is 27.7. The zero-order valence-corrected chi connectivity index (χ0v) is 67.7. The fraction of sp³-hybridized carbons (Fsp3) is 0.765. The Balaban J connectivity index is 5.37. The van der Waals surface area contributed by atoms with Crippen molar-refractivity contribution in [2.24, 2.45) is 0 Å². The van der Waals surface area contributed by atoms with Crippen molar-refractivity contribution in [3.63, 3.8) is 0 Å². The molecule has 5 atom stereocenters. The summed E-state index contributed by atoms with van der Waals surface area (Å²) in [4.78, 5) is 73.1. The molecule has 0 fully saturated rings. The minimum absolute atomic E-state index is 0.0819. The van der Waals surface area contributed by atoms with E-state index in [4.69, 9.17) is 37.0 Å². The number of esters is 4. The summed E-state index contributed by atoms with van der Waals surface area (Å²) < 4.78 is 68.7. The lowest BCUT2D eigenvalue weighted by Crippen LogP contribution is -2.30. The van der Waals surface area contributed by atoms with Crippen LogP contribution in [0.3, 0.4) is 0 Å². The number of aliphatic hydroxyl groups is 1. The summed E-state index contributed by atoms with van der Waals surface area (Å²) in [7, 11) is -9.97. The quantitative estimate of drug-likeness (QED) is 0.0169. The van der Waals surface area contributed by atoms with Crippen molar-refractivity contribution in [1.29, 1.82) is 0 Å². The molecule has 0 aliphatic carbocycles. The smallest absolute Gasteiger partial charge is 0.462 e. The van der Waals surface area contributed by atoms with E-state index in [1.54, 1.807) is 0 Å². The van der Waals surface area contributed by atoms with Gasteiger partial charge in [0, 0.05) is 25.7 Å². The van der Waals surface area contributed by atoms with Gasteiger partial charge in [-0.1, -0.05) is 285 Å². The molecular formula is C85H150O17P2. The molecule has 0 amide bonds. The second-order valence-corrected chi connectivity index (χ2v) is 30.6. The maximum absolute atomic E-state index is 13.1. The van der Waals surface area contributed by atoms with Gasteiger partial charge < -0.3 is 33.8 Å². The summed E-state index contributed by atoms with van der Waals surface area (Å²) in [6.45, 7) is 4.73. The zero-order chi connectivity index (χ0) is 76.0. The summed E-state index contributed by atoms with van der Waals surface area (Å²) in [5.74, 6) is -2.20. The lowest BCUT2D eigenvalue weighted by atomic mass is 10.1. The van der Waals surface area contributed by atoms with Crippen LogP contribution in [0.15, 0.2) is 97.2 Å². The summed E-state index contributed by atoms with van der Waals surface area (Å²) in [5.41, 5.74) is 0. The molecule has 0 aromatic heterocycles. The summed E-state index contributed by atoms with van der Waals surface area (Å²) in [6.07, 6.45) is 82.3. The number of carbonyl (C=O) groups excluding carboxylic acids is 4. The Morgan fingerprint density at radius 1 is 0.279 bits per heavy atom. The first-order chi connectivity index (χ1) is 50.7. The van der Waals surface area contributed by atoms with Gasteiger partial charge in [0.25, 0.3) is 0 Å². The molecule has 0 rings (SSSR count). The molecule has 19 heteroatoms. The van der Waals surface area contributed by atoms with Crippen molar-refractivity contribution >= 4 is 39.5 Å². The van der Waals surface area contributed by atoms with Crippen molar-refractivity contribution in [3.05, 3.63) is 97.2 Å². The first kappa shape index (κ1) is 100.0. The average molecular weight is 1510 g/mol. The summed E-state index contributed by atoms with van der Waals surface area (Å²) in [5, 5.41) is 10.7. The maximum atomic E-state index is 13.1. The number of rotatable bonds is 78. The number of hydrogen-bond acceptors (Lipinski definition) is 15. The van der Waals surface area contributed by atoms with E-state index in [1.165, 1.54) is 96.3 Å². The number of allylic oxidation sites excluding steroid dienone is 16. The van der Waals surface area contributed by atoms with Crippen LogP contribution in [0.4, 0.5) is 0 Å². The third-order valence-corrected chi connectivity index (χ3v) is 19.4. The predicted molar refractivity (Wildman–Crippen MR) is 427 cm³/mol. The Kier molecular flexibility index (Phi) is 74.2. The highest BCUT2D eigenvalue weighted by molar-refractivity contribution is 7.47. The van der Waals surface area contributed by atoms with Crippen molar-refractivity contribution in [1.82, 2.24) is 0 Å². The SMILES string of the molecule is CC/C=C\C/C=C\C/C=C\C/C=C\CCCCCCCCC(=O)OCC(COP(=O)(O)OCC(O)COP(=O)(O)OCC(COC(=O)CCCCCCC/C=C\C/C=C\CCCCC)OC(=O)CCCCCCC/C=C\CCCCCCCC)OC(=O)CCCCCCC/C=C\CCCCCCCC. The molecule has 0 aliphatic heterocycles. The van der Waals surface area contributed by atoms with Crippen LogP contribution in [0.25, 0.3) is 0 Å². The Morgan fingerprint density at radius 2 is 0.500 bits per heavy atom. The van der Waals surface area contributed by atoms with Gasteiger partial charge in [-0.15, -0.1) is 0 Å². The molecule has 0 heterocycles. The largest absolute Gasteiger partial charge is 0.472 e. The van der Waals surface area contributed by atoms with Gasteiger partial charge in [0.15, 0.2) is 12.2 Å².